The van der Waals surface area contributed by atoms with Gasteiger partial charge in [-0.25, -0.2) is 0 Å². The minimum Gasteiger partial charge on any atom is -0.314 e. The maximum Gasteiger partial charge on any atom is 0.0576 e. The fourth-order valence-electron chi connectivity index (χ4n) is 2.37. The zero-order valence-corrected chi connectivity index (χ0v) is 11.9. The van der Waals surface area contributed by atoms with E-state index in [9.17, 15) is 0 Å². The molecule has 0 spiro atoms. The Labute approximate surface area is 112 Å². The van der Waals surface area contributed by atoms with Crippen LogP contribution in [0.3, 0.4) is 0 Å². The van der Waals surface area contributed by atoms with Crippen LogP contribution in [0.25, 0.3) is 0 Å². The molecule has 0 amide bonds. The lowest BCUT2D eigenvalue weighted by molar-refractivity contribution is 0.161. The van der Waals surface area contributed by atoms with Crippen molar-refractivity contribution in [3.8, 4) is 0 Å². The number of nitrogens with one attached hydrogen (secondary N) is 1. The van der Waals surface area contributed by atoms with Crippen LogP contribution >= 0.6 is 15.9 Å². The topological polar surface area (TPSA) is 28.2 Å². The molecule has 1 aliphatic heterocycles. The van der Waals surface area contributed by atoms with Crippen LogP contribution in [-0.2, 0) is 0 Å². The zero-order chi connectivity index (χ0) is 12.1. The maximum atomic E-state index is 4.56. The summed E-state index contributed by atoms with van der Waals surface area (Å²) < 4.78 is 1.05. The molecule has 0 aromatic carbocycles. The van der Waals surface area contributed by atoms with Gasteiger partial charge in [-0.2, -0.15) is 0 Å². The highest BCUT2D eigenvalue weighted by molar-refractivity contribution is 9.10. The third kappa shape index (κ3) is 3.50. The molecule has 3 nitrogen and oxygen atoms in total. The molecule has 0 unspecified atom stereocenters. The van der Waals surface area contributed by atoms with Gasteiger partial charge in [-0.05, 0) is 34.5 Å². The average Bonchev–Trinajstić information content (AvgIpc) is 2.38. The second-order valence-electron chi connectivity index (χ2n) is 4.49. The number of halogens is 1. The van der Waals surface area contributed by atoms with Crippen molar-refractivity contribution in [2.75, 3.05) is 26.2 Å². The number of pyridine rings is 1. The van der Waals surface area contributed by atoms with Crippen LogP contribution in [0.2, 0.25) is 0 Å². The van der Waals surface area contributed by atoms with Crippen molar-refractivity contribution >= 4 is 15.9 Å². The number of piperazine rings is 1. The van der Waals surface area contributed by atoms with E-state index >= 15 is 0 Å². The van der Waals surface area contributed by atoms with Crippen molar-refractivity contribution in [1.29, 1.82) is 0 Å². The van der Waals surface area contributed by atoms with Gasteiger partial charge in [-0.15, -0.1) is 0 Å². The number of rotatable bonds is 4. The molecule has 2 rings (SSSR count). The van der Waals surface area contributed by atoms with Gasteiger partial charge in [0.1, 0.15) is 0 Å². The fraction of sp³-hybridized carbons (Fsp3) is 0.615. The van der Waals surface area contributed by atoms with E-state index in [2.05, 4.69) is 50.2 Å². The van der Waals surface area contributed by atoms with Gasteiger partial charge in [0.25, 0.3) is 0 Å². The molecule has 0 aliphatic carbocycles. The molecule has 4 heteroatoms. The molecule has 2 heterocycles. The molecule has 17 heavy (non-hydrogen) atoms. The van der Waals surface area contributed by atoms with E-state index in [1.54, 1.807) is 0 Å². The van der Waals surface area contributed by atoms with E-state index in [0.717, 1.165) is 30.7 Å². The van der Waals surface area contributed by atoms with Crippen molar-refractivity contribution in [3.63, 3.8) is 0 Å². The largest absolute Gasteiger partial charge is 0.314 e. The number of aromatic nitrogens is 1. The van der Waals surface area contributed by atoms with Crippen LogP contribution in [0.4, 0.5) is 0 Å². The molecule has 0 bridgehead atoms. The monoisotopic (exact) mass is 297 g/mol. The first-order valence-corrected chi connectivity index (χ1v) is 7.16. The minimum atomic E-state index is 0.482. The number of nitrogens with zero attached hydrogens (tertiary/aromatic N) is 2. The van der Waals surface area contributed by atoms with E-state index in [-0.39, 0.29) is 0 Å². The second-order valence-corrected chi connectivity index (χ2v) is 5.41. The summed E-state index contributed by atoms with van der Waals surface area (Å²) in [5.74, 6) is 0. The van der Waals surface area contributed by atoms with E-state index in [1.165, 1.54) is 18.5 Å². The number of hydrogen-bond acceptors (Lipinski definition) is 3. The maximum absolute atomic E-state index is 4.56. The Morgan fingerprint density at radius 1 is 1.41 bits per heavy atom. The Morgan fingerprint density at radius 3 is 2.76 bits per heavy atom. The predicted molar refractivity (Wildman–Crippen MR) is 74.0 cm³/mol. The minimum absolute atomic E-state index is 0.482. The van der Waals surface area contributed by atoms with Gasteiger partial charge in [0, 0.05) is 36.8 Å². The lowest BCUT2D eigenvalue weighted by Gasteiger charge is -2.34. The van der Waals surface area contributed by atoms with E-state index in [1.807, 2.05) is 6.20 Å². The SMILES string of the molecule is CCC[C@@H](c1ccc(Br)cn1)N1CCNCC1. The normalized spacial score (nSPS) is 19.2. The quantitative estimate of drug-likeness (QED) is 0.926. The zero-order valence-electron chi connectivity index (χ0n) is 10.3. The molecule has 1 aliphatic rings. The Bertz CT molecular complexity index is 333. The molecule has 1 aromatic rings. The average molecular weight is 298 g/mol. The highest BCUT2D eigenvalue weighted by Gasteiger charge is 2.22. The molecule has 0 radical (unpaired) electrons. The van der Waals surface area contributed by atoms with Crippen molar-refractivity contribution in [3.05, 3.63) is 28.5 Å². The number of hydrogen-bond donors (Lipinski definition) is 1. The van der Waals surface area contributed by atoms with Crippen molar-refractivity contribution in [2.24, 2.45) is 0 Å². The Kier molecular flexibility index (Phi) is 4.95. The van der Waals surface area contributed by atoms with Gasteiger partial charge in [-0.1, -0.05) is 13.3 Å². The molecule has 0 saturated carbocycles. The highest BCUT2D eigenvalue weighted by Crippen LogP contribution is 2.25. The van der Waals surface area contributed by atoms with Crippen LogP contribution < -0.4 is 5.32 Å². The lowest BCUT2D eigenvalue weighted by Crippen LogP contribution is -2.45. The van der Waals surface area contributed by atoms with Crippen LogP contribution in [0.5, 0.6) is 0 Å². The molecule has 1 N–H and O–H groups in total. The van der Waals surface area contributed by atoms with Gasteiger partial charge >= 0.3 is 0 Å². The van der Waals surface area contributed by atoms with Crippen LogP contribution in [-0.4, -0.2) is 36.1 Å². The smallest absolute Gasteiger partial charge is 0.0576 e. The van der Waals surface area contributed by atoms with Crippen molar-refractivity contribution in [2.45, 2.75) is 25.8 Å². The standard InChI is InChI=1S/C13H20BrN3/c1-2-3-13(17-8-6-15-7-9-17)12-5-4-11(14)10-16-12/h4-5,10,13,15H,2-3,6-9H2,1H3/t13-/m0/s1. The van der Waals surface area contributed by atoms with E-state index in [0.29, 0.717) is 6.04 Å². The van der Waals surface area contributed by atoms with Gasteiger partial charge < -0.3 is 5.32 Å². The molecule has 1 aromatic heterocycles. The van der Waals surface area contributed by atoms with Gasteiger partial charge in [-0.3, -0.25) is 9.88 Å². The van der Waals surface area contributed by atoms with Crippen molar-refractivity contribution in [1.82, 2.24) is 15.2 Å². The molecule has 1 fully saturated rings. The molecular formula is C13H20BrN3. The second kappa shape index (κ2) is 6.47. The fourth-order valence-corrected chi connectivity index (χ4v) is 2.60. The predicted octanol–water partition coefficient (Wildman–Crippen LogP) is 2.59. The first-order valence-electron chi connectivity index (χ1n) is 6.37. The molecule has 1 atom stereocenters. The van der Waals surface area contributed by atoms with Crippen LogP contribution in [0.15, 0.2) is 22.8 Å². The summed E-state index contributed by atoms with van der Waals surface area (Å²) in [6.45, 7) is 6.69. The van der Waals surface area contributed by atoms with E-state index < -0.39 is 0 Å². The third-order valence-corrected chi connectivity index (χ3v) is 3.72. The van der Waals surface area contributed by atoms with Crippen LogP contribution in [0, 0.1) is 0 Å². The van der Waals surface area contributed by atoms with Crippen LogP contribution in [0.1, 0.15) is 31.5 Å². The summed E-state index contributed by atoms with van der Waals surface area (Å²) in [7, 11) is 0. The molecular weight excluding hydrogens is 278 g/mol. The Balaban J connectivity index is 2.12. The van der Waals surface area contributed by atoms with E-state index in [4.69, 9.17) is 0 Å². The summed E-state index contributed by atoms with van der Waals surface area (Å²) in [5.41, 5.74) is 1.21. The summed E-state index contributed by atoms with van der Waals surface area (Å²) >= 11 is 3.44. The third-order valence-electron chi connectivity index (χ3n) is 3.25. The first-order chi connectivity index (χ1) is 8.31. The Hall–Kier alpha value is -0.450. The molecule has 94 valence electrons. The van der Waals surface area contributed by atoms with Gasteiger partial charge in [0.2, 0.25) is 0 Å². The molecule has 1 saturated heterocycles. The summed E-state index contributed by atoms with van der Waals surface area (Å²) in [4.78, 5) is 7.12. The summed E-state index contributed by atoms with van der Waals surface area (Å²) in [6, 6.07) is 4.72. The summed E-state index contributed by atoms with van der Waals surface area (Å²) in [6.07, 6.45) is 4.29. The van der Waals surface area contributed by atoms with Gasteiger partial charge in [0.05, 0.1) is 11.7 Å². The first kappa shape index (κ1) is 13.0. The Morgan fingerprint density at radius 2 is 2.18 bits per heavy atom. The highest BCUT2D eigenvalue weighted by atomic mass is 79.9. The lowest BCUT2D eigenvalue weighted by atomic mass is 10.0. The summed E-state index contributed by atoms with van der Waals surface area (Å²) in [5, 5.41) is 3.40. The van der Waals surface area contributed by atoms with Crippen molar-refractivity contribution < 1.29 is 0 Å². The van der Waals surface area contributed by atoms with Gasteiger partial charge in [0.15, 0.2) is 0 Å².